The highest BCUT2D eigenvalue weighted by Crippen LogP contribution is 2.45. The second-order valence-corrected chi connectivity index (χ2v) is 30.9. The zero-order chi connectivity index (χ0) is 69.3. The van der Waals surface area contributed by atoms with Crippen LogP contribution in [0.15, 0.2) is 0 Å². The molecule has 0 saturated carbocycles. The van der Waals surface area contributed by atoms with Gasteiger partial charge < -0.3 is 33.8 Å². The predicted molar refractivity (Wildman–Crippen MR) is 381 cm³/mol. The number of esters is 4. The van der Waals surface area contributed by atoms with Crippen LogP contribution in [-0.2, 0) is 65.4 Å². The summed E-state index contributed by atoms with van der Waals surface area (Å²) in [6.07, 6.45) is 54.2. The Morgan fingerprint density at radius 1 is 0.287 bits per heavy atom. The molecule has 0 aliphatic heterocycles. The minimum absolute atomic E-state index is 0.106. The van der Waals surface area contributed by atoms with Gasteiger partial charge >= 0.3 is 39.5 Å². The van der Waals surface area contributed by atoms with Gasteiger partial charge in [0.15, 0.2) is 12.2 Å². The summed E-state index contributed by atoms with van der Waals surface area (Å²) in [5.74, 6) is -0.629. The lowest BCUT2D eigenvalue weighted by Gasteiger charge is -2.21. The highest BCUT2D eigenvalue weighted by Gasteiger charge is 2.30. The Bertz CT molecular complexity index is 1820. The van der Waals surface area contributed by atoms with E-state index >= 15 is 0 Å². The van der Waals surface area contributed by atoms with Gasteiger partial charge in [0.1, 0.15) is 19.3 Å². The summed E-state index contributed by atoms with van der Waals surface area (Å²) in [5, 5.41) is 10.6. The molecule has 558 valence electrons. The molecular weight excluding hydrogens is 1230 g/mol. The highest BCUT2D eigenvalue weighted by molar-refractivity contribution is 7.47. The van der Waals surface area contributed by atoms with Gasteiger partial charge in [-0.3, -0.25) is 37.3 Å². The Hall–Kier alpha value is -1.94. The molecule has 0 spiro atoms. The van der Waals surface area contributed by atoms with Crippen LogP contribution in [0.25, 0.3) is 0 Å². The van der Waals surface area contributed by atoms with E-state index < -0.39 is 97.5 Å². The Balaban J connectivity index is 5.21. The van der Waals surface area contributed by atoms with E-state index in [2.05, 4.69) is 41.5 Å². The first-order chi connectivity index (χ1) is 45.4. The van der Waals surface area contributed by atoms with Crippen LogP contribution in [-0.4, -0.2) is 96.7 Å². The second kappa shape index (κ2) is 66.9. The zero-order valence-corrected chi connectivity index (χ0v) is 63.1. The number of aliphatic hydroxyl groups excluding tert-OH is 1. The molecule has 0 fully saturated rings. The van der Waals surface area contributed by atoms with Crippen LogP contribution in [0.2, 0.25) is 0 Å². The van der Waals surface area contributed by atoms with E-state index in [9.17, 15) is 43.2 Å². The topological polar surface area (TPSA) is 237 Å². The lowest BCUT2D eigenvalue weighted by molar-refractivity contribution is -0.161. The van der Waals surface area contributed by atoms with Crippen LogP contribution >= 0.6 is 15.6 Å². The number of phosphoric ester groups is 2. The monoisotopic (exact) mass is 1380 g/mol. The van der Waals surface area contributed by atoms with E-state index in [1.165, 1.54) is 199 Å². The normalized spacial score (nSPS) is 14.0. The van der Waals surface area contributed by atoms with Gasteiger partial charge in [-0.25, -0.2) is 9.13 Å². The molecule has 0 saturated heterocycles. The van der Waals surface area contributed by atoms with Crippen LogP contribution in [0.5, 0.6) is 0 Å². The number of aliphatic hydroxyl groups is 1. The Labute approximate surface area is 575 Å². The summed E-state index contributed by atoms with van der Waals surface area (Å²) in [4.78, 5) is 72.7. The van der Waals surface area contributed by atoms with Crippen LogP contribution in [0.3, 0.4) is 0 Å². The fraction of sp³-hybridized carbons (Fsp3) is 0.947. The molecular formula is C75H146O17P2. The number of ether oxygens (including phenoxy) is 4. The molecule has 0 aliphatic carbocycles. The van der Waals surface area contributed by atoms with Crippen molar-refractivity contribution < 1.29 is 80.2 Å². The summed E-state index contributed by atoms with van der Waals surface area (Å²) >= 11 is 0. The molecule has 0 rings (SSSR count). The molecule has 5 atom stereocenters. The number of hydrogen-bond acceptors (Lipinski definition) is 15. The van der Waals surface area contributed by atoms with E-state index in [0.29, 0.717) is 31.6 Å². The van der Waals surface area contributed by atoms with Gasteiger partial charge in [0.25, 0.3) is 0 Å². The first-order valence-corrected chi connectivity index (χ1v) is 42.0. The summed E-state index contributed by atoms with van der Waals surface area (Å²) in [7, 11) is -9.91. The Kier molecular flexibility index (Phi) is 65.5. The van der Waals surface area contributed by atoms with Crippen LogP contribution in [0.1, 0.15) is 388 Å². The Morgan fingerprint density at radius 2 is 0.489 bits per heavy atom. The third-order valence-corrected chi connectivity index (χ3v) is 19.4. The zero-order valence-electron chi connectivity index (χ0n) is 61.3. The highest BCUT2D eigenvalue weighted by atomic mass is 31.2. The van der Waals surface area contributed by atoms with Crippen molar-refractivity contribution in [3.63, 3.8) is 0 Å². The van der Waals surface area contributed by atoms with E-state index in [0.717, 1.165) is 102 Å². The summed E-state index contributed by atoms with van der Waals surface area (Å²) in [6.45, 7) is 9.53. The minimum atomic E-state index is -4.96. The number of hydrogen-bond donors (Lipinski definition) is 3. The van der Waals surface area contributed by atoms with Gasteiger partial charge in [0.05, 0.1) is 26.4 Å². The van der Waals surface area contributed by atoms with Gasteiger partial charge in [0.2, 0.25) is 0 Å². The maximum absolute atomic E-state index is 13.1. The summed E-state index contributed by atoms with van der Waals surface area (Å²) in [6, 6.07) is 0. The SMILES string of the molecule is CCCCCCCCCCCCCCCCCC(=O)OC[C@H](COP(=O)(O)OC[C@@H](O)COP(=O)(O)OC[C@@H](COC(=O)CCCCCCCCC(C)C)OC(=O)CCCCCCCCCCCCC)OC(=O)CCCCCCCCCCCCCCCCCCC(C)C. The van der Waals surface area contributed by atoms with Crippen molar-refractivity contribution in [3.05, 3.63) is 0 Å². The number of carbonyl (C=O) groups is 4. The molecule has 3 N–H and O–H groups in total. The Morgan fingerprint density at radius 3 is 0.723 bits per heavy atom. The summed E-state index contributed by atoms with van der Waals surface area (Å²) in [5.41, 5.74) is 0. The van der Waals surface area contributed by atoms with Crippen LogP contribution in [0.4, 0.5) is 0 Å². The van der Waals surface area contributed by atoms with Crippen molar-refractivity contribution >= 4 is 39.5 Å². The lowest BCUT2D eigenvalue weighted by Crippen LogP contribution is -2.30. The smallest absolute Gasteiger partial charge is 0.462 e. The first kappa shape index (κ1) is 92.1. The van der Waals surface area contributed by atoms with Gasteiger partial charge in [-0.15, -0.1) is 0 Å². The molecule has 0 aromatic carbocycles. The number of rotatable bonds is 74. The molecule has 0 radical (unpaired) electrons. The molecule has 19 heteroatoms. The molecule has 17 nitrogen and oxygen atoms in total. The fourth-order valence-electron chi connectivity index (χ4n) is 11.5. The van der Waals surface area contributed by atoms with Crippen molar-refractivity contribution in [1.82, 2.24) is 0 Å². The average Bonchev–Trinajstić information content (AvgIpc) is 1.15. The van der Waals surface area contributed by atoms with Gasteiger partial charge in [-0.05, 0) is 37.5 Å². The molecule has 0 aliphatic rings. The van der Waals surface area contributed by atoms with Crippen molar-refractivity contribution in [2.24, 2.45) is 11.8 Å². The fourth-order valence-corrected chi connectivity index (χ4v) is 13.1. The quantitative estimate of drug-likeness (QED) is 0.0222. The van der Waals surface area contributed by atoms with E-state index in [4.69, 9.17) is 37.0 Å². The average molecular weight is 1380 g/mol. The number of phosphoric acid groups is 2. The van der Waals surface area contributed by atoms with Crippen molar-refractivity contribution in [1.29, 1.82) is 0 Å². The molecule has 0 aromatic rings. The molecule has 0 amide bonds. The molecule has 0 aromatic heterocycles. The molecule has 94 heavy (non-hydrogen) atoms. The number of unbranched alkanes of at least 4 members (excludes halogenated alkanes) is 44. The lowest BCUT2D eigenvalue weighted by atomic mass is 10.0. The maximum Gasteiger partial charge on any atom is 0.472 e. The standard InChI is InChI=1S/C75H146O17P2/c1-7-9-11-13-15-17-19-20-23-27-31-34-38-45-51-57-72(77)85-63-70(91-75(80)60-54-48-40-36-32-28-25-22-21-24-26-30-33-37-43-49-55-67(3)4)65-89-93(81,82)87-61-69(76)62-88-94(83,84)90-66-71(64-86-73(78)58-52-46-42-41-44-50-56-68(5)6)92-74(79)59-53-47-39-35-29-18-16-14-12-10-8-2/h67-71,76H,7-66H2,1-6H3,(H,81,82)(H,83,84)/t69-,70-,71-/m1/s1. The predicted octanol–water partition coefficient (Wildman–Crippen LogP) is 21.9. The van der Waals surface area contributed by atoms with E-state index in [-0.39, 0.29) is 25.7 Å². The van der Waals surface area contributed by atoms with Crippen molar-refractivity contribution in [2.45, 2.75) is 407 Å². The molecule has 0 heterocycles. The second-order valence-electron chi connectivity index (χ2n) is 28.0. The third-order valence-electron chi connectivity index (χ3n) is 17.5. The molecule has 2 unspecified atom stereocenters. The van der Waals surface area contributed by atoms with Crippen molar-refractivity contribution in [3.8, 4) is 0 Å². The largest absolute Gasteiger partial charge is 0.472 e. The minimum Gasteiger partial charge on any atom is -0.462 e. The van der Waals surface area contributed by atoms with Gasteiger partial charge in [0, 0.05) is 25.7 Å². The van der Waals surface area contributed by atoms with E-state index in [1.807, 2.05) is 0 Å². The van der Waals surface area contributed by atoms with Crippen LogP contribution in [0, 0.1) is 11.8 Å². The van der Waals surface area contributed by atoms with Crippen molar-refractivity contribution in [2.75, 3.05) is 39.6 Å². The number of carbonyl (C=O) groups excluding carboxylic acids is 4. The molecule has 0 bridgehead atoms. The first-order valence-electron chi connectivity index (χ1n) is 39.0. The van der Waals surface area contributed by atoms with Gasteiger partial charge in [-0.1, -0.05) is 337 Å². The van der Waals surface area contributed by atoms with Gasteiger partial charge in [-0.2, -0.15) is 0 Å². The van der Waals surface area contributed by atoms with Crippen LogP contribution < -0.4 is 0 Å². The summed E-state index contributed by atoms with van der Waals surface area (Å²) < 4.78 is 68.4. The maximum atomic E-state index is 13.1. The third kappa shape index (κ3) is 68.6. The van der Waals surface area contributed by atoms with E-state index in [1.54, 1.807) is 0 Å².